The Kier molecular flexibility index (Phi) is 3.15. The Morgan fingerprint density at radius 2 is 2.35 bits per heavy atom. The summed E-state index contributed by atoms with van der Waals surface area (Å²) in [6.45, 7) is 2.37. The lowest BCUT2D eigenvalue weighted by molar-refractivity contribution is 0.0946. The molecule has 0 saturated carbocycles. The van der Waals surface area contributed by atoms with Gasteiger partial charge in [-0.2, -0.15) is 0 Å². The molecule has 20 heavy (non-hydrogen) atoms. The number of nitrogens with zero attached hydrogens (tertiary/aromatic N) is 1. The first kappa shape index (κ1) is 12.7. The summed E-state index contributed by atoms with van der Waals surface area (Å²) in [5.41, 5.74) is 8.77. The molecule has 0 radical (unpaired) electrons. The van der Waals surface area contributed by atoms with Crippen LogP contribution in [0, 0.1) is 6.92 Å². The smallest absolute Gasteiger partial charge is 0.268 e. The Hall–Kier alpha value is -2.34. The number of hydrogen-bond donors (Lipinski definition) is 3. The zero-order chi connectivity index (χ0) is 14.1. The molecule has 0 spiro atoms. The van der Waals surface area contributed by atoms with Gasteiger partial charge in [-0.15, -0.1) is 11.3 Å². The van der Waals surface area contributed by atoms with Crippen LogP contribution < -0.4 is 11.1 Å². The second kappa shape index (κ2) is 4.97. The third kappa shape index (κ3) is 2.37. The molecule has 0 aliphatic rings. The van der Waals surface area contributed by atoms with Gasteiger partial charge in [0.1, 0.15) is 10.7 Å². The third-order valence-electron chi connectivity index (χ3n) is 3.00. The van der Waals surface area contributed by atoms with E-state index in [1.807, 2.05) is 24.4 Å². The number of benzene rings is 1. The van der Waals surface area contributed by atoms with Crippen molar-refractivity contribution in [2.45, 2.75) is 13.5 Å². The molecule has 1 amide bonds. The van der Waals surface area contributed by atoms with Crippen molar-refractivity contribution in [1.82, 2.24) is 15.3 Å². The number of para-hydroxylation sites is 1. The first-order valence-corrected chi connectivity index (χ1v) is 7.08. The normalized spacial score (nSPS) is 10.8. The van der Waals surface area contributed by atoms with Gasteiger partial charge in [0.05, 0.1) is 17.7 Å². The molecule has 0 saturated heterocycles. The first-order chi connectivity index (χ1) is 9.63. The lowest BCUT2D eigenvalue weighted by atomic mass is 10.2. The van der Waals surface area contributed by atoms with E-state index in [-0.39, 0.29) is 5.91 Å². The number of fused-ring (bicyclic) bond motifs is 1. The molecule has 0 fully saturated rings. The maximum absolute atomic E-state index is 12.1. The number of thiazole rings is 1. The van der Waals surface area contributed by atoms with Crippen LogP contribution in [0.25, 0.3) is 10.9 Å². The number of aromatic nitrogens is 2. The van der Waals surface area contributed by atoms with Gasteiger partial charge in [0.15, 0.2) is 0 Å². The Morgan fingerprint density at radius 3 is 3.05 bits per heavy atom. The number of H-pyrrole nitrogens is 1. The number of rotatable bonds is 3. The van der Waals surface area contributed by atoms with Gasteiger partial charge in [0.25, 0.3) is 5.91 Å². The van der Waals surface area contributed by atoms with Gasteiger partial charge in [-0.05, 0) is 19.1 Å². The highest BCUT2D eigenvalue weighted by Crippen LogP contribution is 2.21. The number of carbonyl (C=O) groups excluding carboxylic acids is 1. The van der Waals surface area contributed by atoms with Gasteiger partial charge in [0, 0.05) is 16.5 Å². The summed E-state index contributed by atoms with van der Waals surface area (Å²) in [6.07, 6.45) is 0. The molecule has 4 N–H and O–H groups in total. The largest absolute Gasteiger partial charge is 0.397 e. The lowest BCUT2D eigenvalue weighted by Gasteiger charge is -2.00. The minimum absolute atomic E-state index is 0.159. The van der Waals surface area contributed by atoms with Crippen LogP contribution in [0.3, 0.4) is 0 Å². The summed E-state index contributed by atoms with van der Waals surface area (Å²) in [6, 6.07) is 7.39. The van der Waals surface area contributed by atoms with Crippen LogP contribution in [0.4, 0.5) is 5.69 Å². The third-order valence-corrected chi connectivity index (χ3v) is 3.97. The average molecular weight is 286 g/mol. The van der Waals surface area contributed by atoms with Crippen molar-refractivity contribution in [2.24, 2.45) is 0 Å². The maximum atomic E-state index is 12.1. The quantitative estimate of drug-likeness (QED) is 0.647. The molecule has 6 heteroatoms. The topological polar surface area (TPSA) is 83.8 Å². The number of nitrogen functional groups attached to an aromatic ring is 1. The highest BCUT2D eigenvalue weighted by Gasteiger charge is 2.11. The van der Waals surface area contributed by atoms with Crippen LogP contribution in [0.1, 0.15) is 21.2 Å². The Labute approximate surface area is 119 Å². The van der Waals surface area contributed by atoms with Gasteiger partial charge in [-0.1, -0.05) is 12.1 Å². The predicted octanol–water partition coefficient (Wildman–Crippen LogP) is 2.45. The molecule has 3 aromatic rings. The molecule has 0 aliphatic carbocycles. The summed E-state index contributed by atoms with van der Waals surface area (Å²) in [4.78, 5) is 19.5. The molecule has 2 heterocycles. The number of carbonyl (C=O) groups is 1. The van der Waals surface area contributed by atoms with Gasteiger partial charge in [-0.25, -0.2) is 4.98 Å². The fourth-order valence-electron chi connectivity index (χ4n) is 2.04. The van der Waals surface area contributed by atoms with E-state index in [0.29, 0.717) is 17.9 Å². The molecule has 0 atom stereocenters. The lowest BCUT2D eigenvalue weighted by Crippen LogP contribution is -2.23. The van der Waals surface area contributed by atoms with E-state index in [1.54, 1.807) is 12.1 Å². The summed E-state index contributed by atoms with van der Waals surface area (Å²) in [5, 5.41) is 6.63. The number of nitrogens with two attached hydrogens (primary N) is 1. The van der Waals surface area contributed by atoms with Gasteiger partial charge >= 0.3 is 0 Å². The van der Waals surface area contributed by atoms with Crippen molar-refractivity contribution >= 4 is 33.8 Å². The van der Waals surface area contributed by atoms with E-state index in [1.165, 1.54) is 11.3 Å². The fourth-order valence-corrected chi connectivity index (χ4v) is 2.75. The van der Waals surface area contributed by atoms with E-state index < -0.39 is 0 Å². The molecule has 0 bridgehead atoms. The number of aryl methyl sites for hydroxylation is 1. The second-order valence-corrected chi connectivity index (χ2v) is 5.50. The number of anilines is 1. The Bertz CT molecular complexity index is 774. The van der Waals surface area contributed by atoms with Crippen LogP contribution in [0.5, 0.6) is 0 Å². The molecule has 2 aromatic heterocycles. The van der Waals surface area contributed by atoms with Crippen molar-refractivity contribution < 1.29 is 4.79 Å². The van der Waals surface area contributed by atoms with Gasteiger partial charge < -0.3 is 16.0 Å². The second-order valence-electron chi connectivity index (χ2n) is 4.56. The number of hydrogen-bond acceptors (Lipinski definition) is 4. The monoisotopic (exact) mass is 286 g/mol. The van der Waals surface area contributed by atoms with E-state index in [2.05, 4.69) is 15.3 Å². The van der Waals surface area contributed by atoms with Gasteiger partial charge in [-0.3, -0.25) is 4.79 Å². The highest BCUT2D eigenvalue weighted by molar-refractivity contribution is 7.09. The van der Waals surface area contributed by atoms with Crippen LogP contribution >= 0.6 is 11.3 Å². The van der Waals surface area contributed by atoms with Crippen LogP contribution in [-0.2, 0) is 6.54 Å². The number of aromatic amines is 1. The van der Waals surface area contributed by atoms with Crippen molar-refractivity contribution in [2.75, 3.05) is 5.73 Å². The molecule has 3 rings (SSSR count). The SMILES string of the molecule is Cc1csc(CNC(=O)c2cc3cccc(N)c3[nH]2)n1. The standard InChI is InChI=1S/C14H14N4OS/c1-8-7-20-12(17-8)6-16-14(19)11-5-9-3-2-4-10(15)13(9)18-11/h2-5,7,18H,6,15H2,1H3,(H,16,19). The van der Waals surface area contributed by atoms with Crippen molar-refractivity contribution in [3.05, 3.63) is 46.0 Å². The maximum Gasteiger partial charge on any atom is 0.268 e. The summed E-state index contributed by atoms with van der Waals surface area (Å²) < 4.78 is 0. The predicted molar refractivity (Wildman–Crippen MR) is 80.7 cm³/mol. The molecule has 1 aromatic carbocycles. The molecule has 0 aliphatic heterocycles. The van der Waals surface area contributed by atoms with E-state index in [0.717, 1.165) is 21.6 Å². The van der Waals surface area contributed by atoms with Crippen molar-refractivity contribution in [3.8, 4) is 0 Å². The summed E-state index contributed by atoms with van der Waals surface area (Å²) in [7, 11) is 0. The van der Waals surface area contributed by atoms with Crippen LogP contribution in [0.2, 0.25) is 0 Å². The highest BCUT2D eigenvalue weighted by atomic mass is 32.1. The van der Waals surface area contributed by atoms with Crippen LogP contribution in [0.15, 0.2) is 29.6 Å². The van der Waals surface area contributed by atoms with Gasteiger partial charge in [0.2, 0.25) is 0 Å². The van der Waals surface area contributed by atoms with Crippen molar-refractivity contribution in [3.63, 3.8) is 0 Å². The fraction of sp³-hybridized carbons (Fsp3) is 0.143. The number of amides is 1. The summed E-state index contributed by atoms with van der Waals surface area (Å²) in [5.74, 6) is -0.159. The molecule has 102 valence electrons. The Balaban J connectivity index is 1.77. The minimum atomic E-state index is -0.159. The van der Waals surface area contributed by atoms with E-state index >= 15 is 0 Å². The summed E-state index contributed by atoms with van der Waals surface area (Å²) >= 11 is 1.54. The zero-order valence-electron chi connectivity index (χ0n) is 10.9. The minimum Gasteiger partial charge on any atom is -0.397 e. The molecule has 5 nitrogen and oxygen atoms in total. The number of nitrogens with one attached hydrogen (secondary N) is 2. The molecular formula is C14H14N4OS. The molecular weight excluding hydrogens is 272 g/mol. The van der Waals surface area contributed by atoms with Crippen molar-refractivity contribution in [1.29, 1.82) is 0 Å². The zero-order valence-corrected chi connectivity index (χ0v) is 11.8. The average Bonchev–Trinajstić information content (AvgIpc) is 3.03. The Morgan fingerprint density at radius 1 is 1.50 bits per heavy atom. The van der Waals surface area contributed by atoms with E-state index in [4.69, 9.17) is 5.73 Å². The first-order valence-electron chi connectivity index (χ1n) is 6.20. The van der Waals surface area contributed by atoms with Crippen LogP contribution in [-0.4, -0.2) is 15.9 Å². The molecule has 0 unspecified atom stereocenters. The van der Waals surface area contributed by atoms with E-state index in [9.17, 15) is 4.79 Å².